The molecule has 2 amide bonds. The molecule has 0 aromatic heterocycles. The number of nitrogens with zero attached hydrogens (tertiary/aromatic N) is 2. The molecule has 1 aliphatic heterocycles. The van der Waals surface area contributed by atoms with Crippen LogP contribution >= 0.6 is 0 Å². The highest BCUT2D eigenvalue weighted by Gasteiger charge is 2.27. The fourth-order valence-electron chi connectivity index (χ4n) is 3.67. The summed E-state index contributed by atoms with van der Waals surface area (Å²) < 4.78 is 11.1. The van der Waals surface area contributed by atoms with Gasteiger partial charge in [0, 0.05) is 26.2 Å². The van der Waals surface area contributed by atoms with Crippen LogP contribution in [0.3, 0.4) is 0 Å². The molecule has 6 nitrogen and oxygen atoms in total. The molecule has 0 bridgehead atoms. The van der Waals surface area contributed by atoms with Gasteiger partial charge >= 0.3 is 0 Å². The summed E-state index contributed by atoms with van der Waals surface area (Å²) in [5.74, 6) is 1.18. The van der Waals surface area contributed by atoms with E-state index in [4.69, 9.17) is 9.47 Å². The molecule has 0 spiro atoms. The molecular weight excluding hydrogens is 368 g/mol. The van der Waals surface area contributed by atoms with E-state index in [0.717, 1.165) is 16.7 Å². The van der Waals surface area contributed by atoms with E-state index in [2.05, 4.69) is 6.07 Å². The van der Waals surface area contributed by atoms with Gasteiger partial charge in [-0.1, -0.05) is 18.2 Å². The summed E-state index contributed by atoms with van der Waals surface area (Å²) in [5, 5.41) is 0. The average Bonchev–Trinajstić information content (AvgIpc) is 2.70. The third-order valence-electron chi connectivity index (χ3n) is 5.12. The summed E-state index contributed by atoms with van der Waals surface area (Å²) in [6.07, 6.45) is 0. The first-order chi connectivity index (χ1) is 13.9. The summed E-state index contributed by atoms with van der Waals surface area (Å²) in [6, 6.07) is 11.5. The lowest BCUT2D eigenvalue weighted by Crippen LogP contribution is -2.51. The predicted molar refractivity (Wildman–Crippen MR) is 112 cm³/mol. The van der Waals surface area contributed by atoms with Crippen molar-refractivity contribution in [2.24, 2.45) is 0 Å². The Balaban J connectivity index is 1.55. The topological polar surface area (TPSA) is 59.1 Å². The number of benzene rings is 2. The summed E-state index contributed by atoms with van der Waals surface area (Å²) >= 11 is 0. The molecule has 0 radical (unpaired) electrons. The van der Waals surface area contributed by atoms with Crippen LogP contribution in [0, 0.1) is 20.8 Å². The number of amides is 2. The van der Waals surface area contributed by atoms with Crippen LogP contribution in [0.2, 0.25) is 0 Å². The van der Waals surface area contributed by atoms with E-state index in [1.807, 2.05) is 45.0 Å². The van der Waals surface area contributed by atoms with Gasteiger partial charge in [0.15, 0.2) is 6.61 Å². The van der Waals surface area contributed by atoms with E-state index in [1.54, 1.807) is 23.0 Å². The number of piperazine rings is 1. The maximum absolute atomic E-state index is 12.9. The van der Waals surface area contributed by atoms with Crippen LogP contribution in [0.25, 0.3) is 0 Å². The Labute approximate surface area is 172 Å². The van der Waals surface area contributed by atoms with Crippen molar-refractivity contribution in [3.05, 3.63) is 58.7 Å². The molecule has 1 fully saturated rings. The molecule has 6 heteroatoms. The molecule has 0 unspecified atom stereocenters. The SMILES string of the molecule is COc1c(C)cccc1C(=O)N1CCN(C(=O)COc2cc(C)cc(C)c2)CC1. The maximum atomic E-state index is 12.9. The van der Waals surface area contributed by atoms with E-state index < -0.39 is 0 Å². The smallest absolute Gasteiger partial charge is 0.260 e. The van der Waals surface area contributed by atoms with Gasteiger partial charge in [-0.25, -0.2) is 0 Å². The first-order valence-corrected chi connectivity index (χ1v) is 9.81. The van der Waals surface area contributed by atoms with Gasteiger partial charge in [0.2, 0.25) is 0 Å². The second kappa shape index (κ2) is 8.99. The van der Waals surface area contributed by atoms with Crippen molar-refractivity contribution in [3.63, 3.8) is 0 Å². The Morgan fingerprint density at radius 2 is 1.55 bits per heavy atom. The molecule has 1 aliphatic rings. The Hall–Kier alpha value is -3.02. The van der Waals surface area contributed by atoms with Gasteiger partial charge in [-0.05, 0) is 55.7 Å². The normalized spacial score (nSPS) is 13.9. The Bertz CT molecular complexity index is 881. The minimum Gasteiger partial charge on any atom is -0.496 e. The second-order valence-corrected chi connectivity index (χ2v) is 7.44. The van der Waals surface area contributed by atoms with E-state index in [9.17, 15) is 9.59 Å². The minimum atomic E-state index is -0.0656. The number of rotatable bonds is 5. The number of para-hydroxylation sites is 1. The van der Waals surface area contributed by atoms with Crippen LogP contribution in [0.4, 0.5) is 0 Å². The summed E-state index contributed by atoms with van der Waals surface area (Å²) in [4.78, 5) is 28.9. The molecule has 0 saturated carbocycles. The lowest BCUT2D eigenvalue weighted by Gasteiger charge is -2.35. The highest BCUT2D eigenvalue weighted by atomic mass is 16.5. The Morgan fingerprint density at radius 3 is 2.17 bits per heavy atom. The molecule has 1 saturated heterocycles. The highest BCUT2D eigenvalue weighted by molar-refractivity contribution is 5.97. The summed E-state index contributed by atoms with van der Waals surface area (Å²) in [7, 11) is 1.57. The molecular formula is C23H28N2O4. The largest absolute Gasteiger partial charge is 0.496 e. The molecule has 0 N–H and O–H groups in total. The predicted octanol–water partition coefficient (Wildman–Crippen LogP) is 2.98. The molecule has 0 atom stereocenters. The monoisotopic (exact) mass is 396 g/mol. The standard InChI is InChI=1S/C23H28N2O4/c1-16-12-17(2)14-19(13-16)29-15-21(26)24-8-10-25(11-9-24)23(27)20-7-5-6-18(3)22(20)28-4/h5-7,12-14H,8-11,15H2,1-4H3. The van der Waals surface area contributed by atoms with Crippen LogP contribution in [-0.4, -0.2) is 61.5 Å². The van der Waals surface area contributed by atoms with Gasteiger partial charge in [0.25, 0.3) is 11.8 Å². The zero-order valence-electron chi connectivity index (χ0n) is 17.5. The van der Waals surface area contributed by atoms with Gasteiger partial charge in [-0.2, -0.15) is 0 Å². The van der Waals surface area contributed by atoms with Crippen molar-refractivity contribution < 1.29 is 19.1 Å². The zero-order chi connectivity index (χ0) is 21.0. The molecule has 2 aromatic carbocycles. The number of carbonyl (C=O) groups is 2. The van der Waals surface area contributed by atoms with E-state index >= 15 is 0 Å². The fourth-order valence-corrected chi connectivity index (χ4v) is 3.67. The van der Waals surface area contributed by atoms with Crippen LogP contribution in [0.1, 0.15) is 27.0 Å². The number of aryl methyl sites for hydroxylation is 3. The lowest BCUT2D eigenvalue weighted by molar-refractivity contribution is -0.134. The number of hydrogen-bond acceptors (Lipinski definition) is 4. The lowest BCUT2D eigenvalue weighted by atomic mass is 10.1. The van der Waals surface area contributed by atoms with Crippen LogP contribution in [0.15, 0.2) is 36.4 Å². The highest BCUT2D eigenvalue weighted by Crippen LogP contribution is 2.25. The molecule has 1 heterocycles. The van der Waals surface area contributed by atoms with Gasteiger partial charge in [-0.3, -0.25) is 9.59 Å². The van der Waals surface area contributed by atoms with E-state index in [1.165, 1.54) is 0 Å². The molecule has 29 heavy (non-hydrogen) atoms. The zero-order valence-corrected chi connectivity index (χ0v) is 17.5. The fraction of sp³-hybridized carbons (Fsp3) is 0.391. The second-order valence-electron chi connectivity index (χ2n) is 7.44. The molecule has 0 aliphatic carbocycles. The number of ether oxygens (including phenoxy) is 2. The first kappa shape index (κ1) is 20.7. The quantitative estimate of drug-likeness (QED) is 0.780. The Kier molecular flexibility index (Phi) is 6.42. The van der Waals surface area contributed by atoms with Crippen LogP contribution < -0.4 is 9.47 Å². The summed E-state index contributed by atoms with van der Waals surface area (Å²) in [6.45, 7) is 7.90. The molecule has 2 aromatic rings. The van der Waals surface area contributed by atoms with Crippen molar-refractivity contribution in [2.45, 2.75) is 20.8 Å². The maximum Gasteiger partial charge on any atom is 0.260 e. The number of hydrogen-bond donors (Lipinski definition) is 0. The van der Waals surface area contributed by atoms with Crippen LogP contribution in [-0.2, 0) is 4.79 Å². The van der Waals surface area contributed by atoms with E-state index in [0.29, 0.717) is 43.2 Å². The van der Waals surface area contributed by atoms with Crippen molar-refractivity contribution in [2.75, 3.05) is 39.9 Å². The van der Waals surface area contributed by atoms with Gasteiger partial charge in [-0.15, -0.1) is 0 Å². The minimum absolute atomic E-state index is 0.00252. The van der Waals surface area contributed by atoms with Gasteiger partial charge in [0.05, 0.1) is 12.7 Å². The molecule has 3 rings (SSSR count). The number of carbonyl (C=O) groups excluding carboxylic acids is 2. The first-order valence-electron chi connectivity index (χ1n) is 9.81. The van der Waals surface area contributed by atoms with Crippen molar-refractivity contribution in [1.29, 1.82) is 0 Å². The van der Waals surface area contributed by atoms with Crippen molar-refractivity contribution >= 4 is 11.8 Å². The van der Waals surface area contributed by atoms with E-state index in [-0.39, 0.29) is 18.4 Å². The average molecular weight is 396 g/mol. The van der Waals surface area contributed by atoms with Crippen molar-refractivity contribution in [3.8, 4) is 11.5 Å². The third-order valence-corrected chi connectivity index (χ3v) is 5.12. The van der Waals surface area contributed by atoms with Gasteiger partial charge in [0.1, 0.15) is 11.5 Å². The Morgan fingerprint density at radius 1 is 0.931 bits per heavy atom. The molecule has 154 valence electrons. The summed E-state index contributed by atoms with van der Waals surface area (Å²) in [5.41, 5.74) is 3.69. The van der Waals surface area contributed by atoms with Crippen molar-refractivity contribution in [1.82, 2.24) is 9.80 Å². The van der Waals surface area contributed by atoms with Crippen LogP contribution in [0.5, 0.6) is 11.5 Å². The number of methoxy groups -OCH3 is 1. The van der Waals surface area contributed by atoms with Gasteiger partial charge < -0.3 is 19.3 Å². The third kappa shape index (κ3) is 4.88.